The van der Waals surface area contributed by atoms with E-state index in [0.717, 1.165) is 16.6 Å². The molecule has 4 rings (SSSR count). The molecule has 0 fully saturated rings. The van der Waals surface area contributed by atoms with Gasteiger partial charge in [-0.1, -0.05) is 35.9 Å². The number of nitrogens with zero attached hydrogens (tertiary/aromatic N) is 3. The predicted octanol–water partition coefficient (Wildman–Crippen LogP) is 3.45. The average Bonchev–Trinajstić information content (AvgIpc) is 3.12. The van der Waals surface area contributed by atoms with Crippen LogP contribution in [0.4, 0.5) is 5.95 Å². The van der Waals surface area contributed by atoms with Crippen LogP contribution in [0.25, 0.3) is 11.0 Å². The molecule has 1 aliphatic heterocycles. The van der Waals surface area contributed by atoms with Gasteiger partial charge in [-0.25, -0.2) is 4.98 Å². The Bertz CT molecular complexity index is 1080. The molecule has 8 heteroatoms. The molecule has 1 amide bonds. The molecule has 2 atom stereocenters. The third-order valence-electron chi connectivity index (χ3n) is 5.22. The molecule has 2 heterocycles. The SMILES string of the molecule is CCOC(=O)[C@@H]1C(=O)N(CCOC)c2nc3ccccc3n2[C@@H]1c1ccc(Cl)cc1. The van der Waals surface area contributed by atoms with Crippen LogP contribution in [0.2, 0.25) is 5.02 Å². The molecule has 7 nitrogen and oxygen atoms in total. The zero-order chi connectivity index (χ0) is 21.3. The third-order valence-corrected chi connectivity index (χ3v) is 5.47. The Kier molecular flexibility index (Phi) is 5.74. The number of benzene rings is 2. The summed E-state index contributed by atoms with van der Waals surface area (Å²) >= 11 is 6.08. The van der Waals surface area contributed by atoms with Crippen LogP contribution in [0.5, 0.6) is 0 Å². The van der Waals surface area contributed by atoms with Crippen LogP contribution in [-0.2, 0) is 19.1 Å². The highest BCUT2D eigenvalue weighted by atomic mass is 35.5. The van der Waals surface area contributed by atoms with Crippen LogP contribution >= 0.6 is 11.6 Å². The van der Waals surface area contributed by atoms with Crippen LogP contribution in [0, 0.1) is 5.92 Å². The Morgan fingerprint density at radius 3 is 2.60 bits per heavy atom. The van der Waals surface area contributed by atoms with Crippen molar-refractivity contribution in [3.63, 3.8) is 0 Å². The van der Waals surface area contributed by atoms with E-state index in [1.165, 1.54) is 4.90 Å². The number of aromatic nitrogens is 2. The zero-order valence-electron chi connectivity index (χ0n) is 16.7. The number of amides is 1. The smallest absolute Gasteiger partial charge is 0.321 e. The minimum absolute atomic E-state index is 0.186. The first-order valence-corrected chi connectivity index (χ1v) is 10.1. The van der Waals surface area contributed by atoms with Gasteiger partial charge >= 0.3 is 5.97 Å². The van der Waals surface area contributed by atoms with E-state index in [1.807, 2.05) is 41.0 Å². The Balaban J connectivity index is 1.97. The van der Waals surface area contributed by atoms with Gasteiger partial charge in [0.15, 0.2) is 5.92 Å². The van der Waals surface area contributed by atoms with Crippen molar-refractivity contribution in [1.29, 1.82) is 0 Å². The van der Waals surface area contributed by atoms with Crippen LogP contribution in [0.15, 0.2) is 48.5 Å². The Labute approximate surface area is 179 Å². The van der Waals surface area contributed by atoms with Crippen molar-refractivity contribution in [3.8, 4) is 0 Å². The molecule has 156 valence electrons. The van der Waals surface area contributed by atoms with Crippen molar-refractivity contribution in [2.75, 3.05) is 31.8 Å². The van der Waals surface area contributed by atoms with E-state index in [-0.39, 0.29) is 19.1 Å². The molecular formula is C22H22ClN3O4. The van der Waals surface area contributed by atoms with Crippen molar-refractivity contribution in [2.45, 2.75) is 13.0 Å². The normalized spacial score (nSPS) is 18.5. The molecule has 0 bridgehead atoms. The second-order valence-electron chi connectivity index (χ2n) is 6.98. The number of hydrogen-bond acceptors (Lipinski definition) is 5. The van der Waals surface area contributed by atoms with E-state index in [1.54, 1.807) is 26.2 Å². The molecule has 3 aromatic rings. The lowest BCUT2D eigenvalue weighted by atomic mass is 9.89. The standard InChI is InChI=1S/C22H22ClN3O4/c1-3-30-21(28)18-19(14-8-10-15(23)11-9-14)26-17-7-5-4-6-16(17)24-22(26)25(20(18)27)12-13-29-2/h4-11,18-19H,3,12-13H2,1-2H3/t18-,19+/m0/s1. The number of rotatable bonds is 6. The van der Waals surface area contributed by atoms with Gasteiger partial charge in [0, 0.05) is 12.1 Å². The second kappa shape index (κ2) is 8.45. The van der Waals surface area contributed by atoms with Gasteiger partial charge < -0.3 is 14.0 Å². The van der Waals surface area contributed by atoms with Gasteiger partial charge in [0.25, 0.3) is 0 Å². The summed E-state index contributed by atoms with van der Waals surface area (Å²) in [4.78, 5) is 32.7. The summed E-state index contributed by atoms with van der Waals surface area (Å²) < 4.78 is 12.4. The molecule has 0 unspecified atom stereocenters. The quantitative estimate of drug-likeness (QED) is 0.445. The first-order chi connectivity index (χ1) is 14.6. The van der Waals surface area contributed by atoms with Gasteiger partial charge in [-0.3, -0.25) is 14.5 Å². The number of halogens is 1. The van der Waals surface area contributed by atoms with E-state index in [4.69, 9.17) is 26.1 Å². The summed E-state index contributed by atoms with van der Waals surface area (Å²) in [6.07, 6.45) is 0. The highest BCUT2D eigenvalue weighted by molar-refractivity contribution is 6.30. The van der Waals surface area contributed by atoms with E-state index in [0.29, 0.717) is 17.6 Å². The second-order valence-corrected chi connectivity index (χ2v) is 7.42. The summed E-state index contributed by atoms with van der Waals surface area (Å²) in [6.45, 7) is 2.51. The molecule has 0 radical (unpaired) electrons. The van der Waals surface area contributed by atoms with Gasteiger partial charge in [0.1, 0.15) is 0 Å². The first-order valence-electron chi connectivity index (χ1n) is 9.76. The molecule has 0 aliphatic carbocycles. The Morgan fingerprint density at radius 2 is 1.90 bits per heavy atom. The fourth-order valence-electron chi connectivity index (χ4n) is 3.90. The van der Waals surface area contributed by atoms with Crippen molar-refractivity contribution < 1.29 is 19.1 Å². The van der Waals surface area contributed by atoms with Crippen molar-refractivity contribution in [1.82, 2.24) is 9.55 Å². The van der Waals surface area contributed by atoms with Gasteiger partial charge in [-0.05, 0) is 36.8 Å². The molecule has 1 aliphatic rings. The summed E-state index contributed by atoms with van der Waals surface area (Å²) in [5.74, 6) is -1.48. The van der Waals surface area contributed by atoms with E-state index in [2.05, 4.69) is 0 Å². The van der Waals surface area contributed by atoms with Crippen LogP contribution in [-0.4, -0.2) is 48.3 Å². The fourth-order valence-corrected chi connectivity index (χ4v) is 4.03. The maximum absolute atomic E-state index is 13.5. The summed E-state index contributed by atoms with van der Waals surface area (Å²) in [7, 11) is 1.57. The zero-order valence-corrected chi connectivity index (χ0v) is 17.5. The number of esters is 1. The number of ether oxygens (including phenoxy) is 2. The van der Waals surface area contributed by atoms with Crippen molar-refractivity contribution in [3.05, 3.63) is 59.1 Å². The van der Waals surface area contributed by atoms with Gasteiger partial charge in [-0.15, -0.1) is 0 Å². The number of imidazole rings is 1. The molecule has 0 spiro atoms. The number of para-hydroxylation sites is 2. The van der Waals surface area contributed by atoms with Crippen molar-refractivity contribution >= 4 is 40.5 Å². The highest BCUT2D eigenvalue weighted by Gasteiger charge is 2.47. The molecule has 1 aromatic heterocycles. The monoisotopic (exact) mass is 427 g/mol. The number of methoxy groups -OCH3 is 1. The molecule has 30 heavy (non-hydrogen) atoms. The van der Waals surface area contributed by atoms with Crippen LogP contribution in [0.3, 0.4) is 0 Å². The fraction of sp³-hybridized carbons (Fsp3) is 0.318. The average molecular weight is 428 g/mol. The summed E-state index contributed by atoms with van der Waals surface area (Å²) in [5, 5.41) is 0.575. The highest BCUT2D eigenvalue weighted by Crippen LogP contribution is 2.41. The lowest BCUT2D eigenvalue weighted by Gasteiger charge is -2.37. The first kappa shape index (κ1) is 20.4. The minimum atomic E-state index is -1.05. The number of carbonyl (C=O) groups is 2. The van der Waals surface area contributed by atoms with Gasteiger partial charge in [-0.2, -0.15) is 0 Å². The summed E-state index contributed by atoms with van der Waals surface area (Å²) in [5.41, 5.74) is 2.35. The number of carbonyl (C=O) groups excluding carboxylic acids is 2. The largest absolute Gasteiger partial charge is 0.465 e. The lowest BCUT2D eigenvalue weighted by molar-refractivity contribution is -0.153. The molecular weight excluding hydrogens is 406 g/mol. The summed E-state index contributed by atoms with van der Waals surface area (Å²) in [6, 6.07) is 14.2. The maximum atomic E-state index is 13.5. The van der Waals surface area contributed by atoms with E-state index >= 15 is 0 Å². The Morgan fingerprint density at radius 1 is 1.17 bits per heavy atom. The molecule has 2 aromatic carbocycles. The van der Waals surface area contributed by atoms with Gasteiger partial charge in [0.2, 0.25) is 11.9 Å². The molecule has 0 saturated heterocycles. The van der Waals surface area contributed by atoms with E-state index < -0.39 is 17.9 Å². The number of anilines is 1. The number of fused-ring (bicyclic) bond motifs is 3. The number of hydrogen-bond donors (Lipinski definition) is 0. The lowest BCUT2D eigenvalue weighted by Crippen LogP contribution is -2.51. The van der Waals surface area contributed by atoms with Crippen LogP contribution in [0.1, 0.15) is 18.5 Å². The van der Waals surface area contributed by atoms with E-state index in [9.17, 15) is 9.59 Å². The topological polar surface area (TPSA) is 73.7 Å². The van der Waals surface area contributed by atoms with Gasteiger partial charge in [0.05, 0.1) is 36.8 Å². The predicted molar refractivity (Wildman–Crippen MR) is 114 cm³/mol. The molecule has 0 saturated carbocycles. The van der Waals surface area contributed by atoms with Crippen LogP contribution < -0.4 is 4.90 Å². The maximum Gasteiger partial charge on any atom is 0.321 e. The minimum Gasteiger partial charge on any atom is -0.465 e. The third kappa shape index (κ3) is 3.44. The van der Waals surface area contributed by atoms with Crippen molar-refractivity contribution in [2.24, 2.45) is 5.92 Å². The molecule has 0 N–H and O–H groups in total. The Hall–Kier alpha value is -2.90.